The molecule has 3 rings (SSSR count). The lowest BCUT2D eigenvalue weighted by Gasteiger charge is -2.33. The van der Waals surface area contributed by atoms with Crippen LogP contribution in [0.2, 0.25) is 0 Å². The van der Waals surface area contributed by atoms with Gasteiger partial charge in [0, 0.05) is 44.1 Å². The van der Waals surface area contributed by atoms with Crippen LogP contribution in [0.4, 0.5) is 0 Å². The minimum atomic E-state index is 0.0976. The summed E-state index contributed by atoms with van der Waals surface area (Å²) in [4.78, 5) is 20.7. The average molecular weight is 318 g/mol. The molecule has 1 aromatic heterocycles. The molecule has 3 heterocycles. The van der Waals surface area contributed by atoms with E-state index in [0.717, 1.165) is 32.7 Å². The predicted octanol–water partition coefficient (Wildman–Crippen LogP) is 0.491. The van der Waals surface area contributed by atoms with Gasteiger partial charge in [0.25, 0.3) is 0 Å². The lowest BCUT2D eigenvalue weighted by atomic mass is 10.1. The number of likely N-dealkylation sites (N-methyl/N-ethyl adjacent to an activating group) is 1. The Balaban J connectivity index is 1.43. The van der Waals surface area contributed by atoms with Crippen molar-refractivity contribution < 1.29 is 9.53 Å². The van der Waals surface area contributed by atoms with Crippen molar-refractivity contribution in [3.63, 3.8) is 0 Å². The molecular formula is C17H26N4O2. The third-order valence-corrected chi connectivity index (χ3v) is 4.57. The molecule has 126 valence electrons. The molecule has 2 aliphatic rings. The molecule has 0 aromatic carbocycles. The summed E-state index contributed by atoms with van der Waals surface area (Å²) in [5, 5.41) is 3.18. The van der Waals surface area contributed by atoms with E-state index in [9.17, 15) is 4.79 Å². The highest BCUT2D eigenvalue weighted by Gasteiger charge is 2.36. The van der Waals surface area contributed by atoms with Crippen molar-refractivity contribution >= 4 is 5.91 Å². The van der Waals surface area contributed by atoms with Gasteiger partial charge in [0.1, 0.15) is 0 Å². The Morgan fingerprint density at radius 2 is 2.22 bits per heavy atom. The number of fused-ring (bicyclic) bond motifs is 1. The molecule has 23 heavy (non-hydrogen) atoms. The Morgan fingerprint density at radius 3 is 3.00 bits per heavy atom. The number of carbonyl (C=O) groups excluding carboxylic acids is 1. The molecule has 2 aliphatic heterocycles. The maximum absolute atomic E-state index is 12.3. The van der Waals surface area contributed by atoms with Crippen molar-refractivity contribution in [2.75, 3.05) is 33.3 Å². The number of aromatic nitrogens is 1. The van der Waals surface area contributed by atoms with Crippen LogP contribution in [0.5, 0.6) is 0 Å². The molecule has 0 saturated carbocycles. The second-order valence-corrected chi connectivity index (χ2v) is 6.78. The highest BCUT2D eigenvalue weighted by Crippen LogP contribution is 2.23. The summed E-state index contributed by atoms with van der Waals surface area (Å²) in [6.07, 6.45) is 4.85. The monoisotopic (exact) mass is 318 g/mol. The summed E-state index contributed by atoms with van der Waals surface area (Å²) < 4.78 is 5.71. The second kappa shape index (κ2) is 7.38. The number of pyridine rings is 1. The smallest absolute Gasteiger partial charge is 0.234 e. The summed E-state index contributed by atoms with van der Waals surface area (Å²) in [5.74, 6) is 0.0976. The normalized spacial score (nSPS) is 27.9. The van der Waals surface area contributed by atoms with Crippen LogP contribution in [0.3, 0.4) is 0 Å². The number of hydrogen-bond donors (Lipinski definition) is 1. The largest absolute Gasteiger partial charge is 0.376 e. The third-order valence-electron chi connectivity index (χ3n) is 4.57. The van der Waals surface area contributed by atoms with Crippen LogP contribution in [0, 0.1) is 0 Å². The first-order chi connectivity index (χ1) is 11.1. The zero-order valence-corrected chi connectivity index (χ0v) is 13.9. The van der Waals surface area contributed by atoms with E-state index in [1.165, 1.54) is 5.56 Å². The number of nitrogens with one attached hydrogen (secondary N) is 1. The first kappa shape index (κ1) is 16.4. The second-order valence-electron chi connectivity index (χ2n) is 6.78. The van der Waals surface area contributed by atoms with Gasteiger partial charge in [0.2, 0.25) is 5.91 Å². The zero-order chi connectivity index (χ0) is 16.2. The van der Waals surface area contributed by atoms with E-state index < -0.39 is 0 Å². The molecule has 0 radical (unpaired) electrons. The van der Waals surface area contributed by atoms with Gasteiger partial charge in [-0.3, -0.25) is 19.6 Å². The quantitative estimate of drug-likeness (QED) is 0.856. The number of ether oxygens (including phenoxy) is 1. The molecule has 2 fully saturated rings. The molecule has 1 amide bonds. The minimum Gasteiger partial charge on any atom is -0.376 e. The molecule has 6 heteroatoms. The maximum atomic E-state index is 12.3. The van der Waals surface area contributed by atoms with Crippen LogP contribution in [0.15, 0.2) is 24.5 Å². The number of rotatable bonds is 5. The Labute approximate surface area is 137 Å². The molecule has 1 aromatic rings. The summed E-state index contributed by atoms with van der Waals surface area (Å²) in [6.45, 7) is 5.97. The van der Waals surface area contributed by atoms with Gasteiger partial charge in [-0.1, -0.05) is 0 Å². The average Bonchev–Trinajstić information content (AvgIpc) is 2.89. The van der Waals surface area contributed by atoms with Crippen molar-refractivity contribution in [2.45, 2.75) is 38.1 Å². The van der Waals surface area contributed by atoms with Crippen LogP contribution in [0.1, 0.15) is 18.9 Å². The van der Waals surface area contributed by atoms with E-state index in [4.69, 9.17) is 4.74 Å². The number of hydrogen-bond acceptors (Lipinski definition) is 5. The van der Waals surface area contributed by atoms with Crippen molar-refractivity contribution in [2.24, 2.45) is 0 Å². The summed E-state index contributed by atoms with van der Waals surface area (Å²) in [6, 6.07) is 4.66. The van der Waals surface area contributed by atoms with Gasteiger partial charge in [-0.25, -0.2) is 0 Å². The van der Waals surface area contributed by atoms with Crippen LogP contribution in [-0.4, -0.2) is 72.2 Å². The molecule has 0 spiro atoms. The molecule has 1 N–H and O–H groups in total. The van der Waals surface area contributed by atoms with Crippen molar-refractivity contribution in [1.29, 1.82) is 0 Å². The summed E-state index contributed by atoms with van der Waals surface area (Å²) >= 11 is 0. The van der Waals surface area contributed by atoms with Gasteiger partial charge in [-0.15, -0.1) is 0 Å². The first-order valence-electron chi connectivity index (χ1n) is 8.32. The van der Waals surface area contributed by atoms with E-state index in [-0.39, 0.29) is 11.9 Å². The van der Waals surface area contributed by atoms with E-state index in [2.05, 4.69) is 22.1 Å². The number of carbonyl (C=O) groups is 1. The Hall–Kier alpha value is -1.50. The SMILES string of the molecule is C[C@@H]1CN2C[C@H](NC(=O)CN(C)Cc3ccncc3)C[C@H]2CO1. The van der Waals surface area contributed by atoms with Gasteiger partial charge in [0.15, 0.2) is 0 Å². The Morgan fingerprint density at radius 1 is 1.43 bits per heavy atom. The molecule has 0 aliphatic carbocycles. The van der Waals surface area contributed by atoms with Crippen LogP contribution >= 0.6 is 0 Å². The third kappa shape index (κ3) is 4.50. The van der Waals surface area contributed by atoms with E-state index >= 15 is 0 Å². The molecule has 0 bridgehead atoms. The van der Waals surface area contributed by atoms with Gasteiger partial charge < -0.3 is 10.1 Å². The van der Waals surface area contributed by atoms with Gasteiger partial charge in [-0.05, 0) is 38.1 Å². The molecular weight excluding hydrogens is 292 g/mol. The fourth-order valence-electron chi connectivity index (χ4n) is 3.52. The van der Waals surface area contributed by atoms with Gasteiger partial charge >= 0.3 is 0 Å². The molecule has 2 saturated heterocycles. The number of nitrogens with zero attached hydrogens (tertiary/aromatic N) is 3. The van der Waals surface area contributed by atoms with E-state index in [1.54, 1.807) is 12.4 Å². The van der Waals surface area contributed by atoms with E-state index in [1.807, 2.05) is 24.1 Å². The standard InChI is InChI=1S/C17H26N4O2/c1-13-8-21-10-15(7-16(21)12-23-13)19-17(22)11-20(2)9-14-3-5-18-6-4-14/h3-6,13,15-16H,7-12H2,1-2H3,(H,19,22)/t13-,15-,16+/m1/s1. The molecule has 0 unspecified atom stereocenters. The number of morpholine rings is 1. The summed E-state index contributed by atoms with van der Waals surface area (Å²) in [5.41, 5.74) is 1.17. The van der Waals surface area contributed by atoms with Gasteiger partial charge in [0.05, 0.1) is 19.3 Å². The first-order valence-corrected chi connectivity index (χ1v) is 8.32. The fraction of sp³-hybridized carbons (Fsp3) is 0.647. The van der Waals surface area contributed by atoms with Crippen molar-refractivity contribution in [3.8, 4) is 0 Å². The predicted molar refractivity (Wildman–Crippen MR) is 87.9 cm³/mol. The topological polar surface area (TPSA) is 57.7 Å². The lowest BCUT2D eigenvalue weighted by Crippen LogP contribution is -2.45. The highest BCUT2D eigenvalue weighted by molar-refractivity contribution is 5.78. The summed E-state index contributed by atoms with van der Waals surface area (Å²) in [7, 11) is 1.97. The Kier molecular flexibility index (Phi) is 5.25. The van der Waals surface area contributed by atoms with Crippen LogP contribution in [-0.2, 0) is 16.1 Å². The highest BCUT2D eigenvalue weighted by atomic mass is 16.5. The maximum Gasteiger partial charge on any atom is 0.234 e. The fourth-order valence-corrected chi connectivity index (χ4v) is 3.52. The number of amides is 1. The molecule has 3 atom stereocenters. The van der Waals surface area contributed by atoms with Crippen molar-refractivity contribution in [3.05, 3.63) is 30.1 Å². The Bertz CT molecular complexity index is 525. The molecule has 6 nitrogen and oxygen atoms in total. The van der Waals surface area contributed by atoms with Crippen LogP contribution < -0.4 is 5.32 Å². The van der Waals surface area contributed by atoms with Crippen molar-refractivity contribution in [1.82, 2.24) is 20.1 Å². The van der Waals surface area contributed by atoms with E-state index in [0.29, 0.717) is 18.7 Å². The zero-order valence-electron chi connectivity index (χ0n) is 13.9. The van der Waals surface area contributed by atoms with Crippen LogP contribution in [0.25, 0.3) is 0 Å². The lowest BCUT2D eigenvalue weighted by molar-refractivity contribution is -0.122. The van der Waals surface area contributed by atoms with Gasteiger partial charge in [-0.2, -0.15) is 0 Å². The minimum absolute atomic E-state index is 0.0976.